The summed E-state index contributed by atoms with van der Waals surface area (Å²) in [6.45, 7) is 4.42. The van der Waals surface area contributed by atoms with Crippen LogP contribution < -0.4 is 10.2 Å². The van der Waals surface area contributed by atoms with Crippen molar-refractivity contribution >= 4 is 17.5 Å². The Labute approximate surface area is 171 Å². The maximum Gasteiger partial charge on any atom is 0.258 e. The molecule has 0 radical (unpaired) electrons. The second-order valence-electron chi connectivity index (χ2n) is 7.55. The van der Waals surface area contributed by atoms with Crippen molar-refractivity contribution in [1.29, 1.82) is 0 Å². The molecule has 4 rings (SSSR count). The van der Waals surface area contributed by atoms with Gasteiger partial charge in [0.05, 0.1) is 0 Å². The van der Waals surface area contributed by atoms with Crippen LogP contribution >= 0.6 is 0 Å². The minimum absolute atomic E-state index is 0.0120. The quantitative estimate of drug-likeness (QED) is 0.719. The van der Waals surface area contributed by atoms with Gasteiger partial charge in [0.15, 0.2) is 0 Å². The van der Waals surface area contributed by atoms with Crippen LogP contribution in [-0.2, 0) is 13.0 Å². The Morgan fingerprint density at radius 2 is 1.72 bits per heavy atom. The molecule has 0 saturated carbocycles. The van der Waals surface area contributed by atoms with E-state index < -0.39 is 0 Å². The second kappa shape index (κ2) is 7.92. The van der Waals surface area contributed by atoms with Crippen LogP contribution in [0.3, 0.4) is 0 Å². The summed E-state index contributed by atoms with van der Waals surface area (Å²) in [4.78, 5) is 27.5. The van der Waals surface area contributed by atoms with E-state index in [-0.39, 0.29) is 17.9 Å². The molecular formula is C25H24N2O2. The Hall–Kier alpha value is -3.40. The molecule has 0 aromatic heterocycles. The summed E-state index contributed by atoms with van der Waals surface area (Å²) in [5.41, 5.74) is 5.40. The summed E-state index contributed by atoms with van der Waals surface area (Å²) in [6, 6.07) is 23.1. The molecule has 0 unspecified atom stereocenters. The molecule has 0 aliphatic carbocycles. The highest BCUT2D eigenvalue weighted by molar-refractivity contribution is 6.07. The average molecular weight is 384 g/mol. The Bertz CT molecular complexity index is 1060. The molecule has 0 spiro atoms. The number of fused-ring (bicyclic) bond motifs is 1. The average Bonchev–Trinajstić information content (AvgIpc) is 3.07. The van der Waals surface area contributed by atoms with Gasteiger partial charge in [-0.3, -0.25) is 9.59 Å². The Morgan fingerprint density at radius 1 is 1.00 bits per heavy atom. The maximum atomic E-state index is 13.1. The normalized spacial score (nSPS) is 15.1. The number of nitrogens with one attached hydrogen (secondary N) is 1. The molecule has 1 heterocycles. The molecule has 0 saturated heterocycles. The van der Waals surface area contributed by atoms with E-state index in [1.165, 1.54) is 0 Å². The number of aryl methyl sites for hydroxylation is 1. The smallest absolute Gasteiger partial charge is 0.258 e. The van der Waals surface area contributed by atoms with Crippen LogP contribution in [0.5, 0.6) is 0 Å². The highest BCUT2D eigenvalue weighted by Crippen LogP contribution is 2.34. The van der Waals surface area contributed by atoms with Gasteiger partial charge in [0.25, 0.3) is 11.8 Å². The van der Waals surface area contributed by atoms with Gasteiger partial charge >= 0.3 is 0 Å². The summed E-state index contributed by atoms with van der Waals surface area (Å²) in [7, 11) is 0. The van der Waals surface area contributed by atoms with E-state index in [0.29, 0.717) is 17.7 Å². The van der Waals surface area contributed by atoms with E-state index in [2.05, 4.69) is 18.3 Å². The van der Waals surface area contributed by atoms with E-state index in [4.69, 9.17) is 0 Å². The zero-order valence-electron chi connectivity index (χ0n) is 16.7. The third kappa shape index (κ3) is 3.79. The summed E-state index contributed by atoms with van der Waals surface area (Å²) in [5, 5.41) is 2.99. The maximum absolute atomic E-state index is 13.1. The van der Waals surface area contributed by atoms with Gasteiger partial charge in [0, 0.05) is 29.4 Å². The molecule has 1 N–H and O–H groups in total. The highest BCUT2D eigenvalue weighted by Gasteiger charge is 2.31. The van der Waals surface area contributed by atoms with Crippen LogP contribution in [0.4, 0.5) is 5.69 Å². The number of hydrogen-bond acceptors (Lipinski definition) is 2. The number of amides is 2. The first-order chi connectivity index (χ1) is 14.0. The minimum Gasteiger partial charge on any atom is -0.348 e. The first-order valence-corrected chi connectivity index (χ1v) is 9.89. The van der Waals surface area contributed by atoms with Gasteiger partial charge in [0.1, 0.15) is 0 Å². The lowest BCUT2D eigenvalue weighted by Crippen LogP contribution is -2.35. The number of hydrogen-bond donors (Lipinski definition) is 1. The second-order valence-corrected chi connectivity index (χ2v) is 7.55. The molecule has 1 aliphatic rings. The van der Waals surface area contributed by atoms with Crippen molar-refractivity contribution in [3.05, 3.63) is 101 Å². The topological polar surface area (TPSA) is 49.4 Å². The lowest BCUT2D eigenvalue weighted by molar-refractivity contribution is 0.0948. The molecule has 1 atom stereocenters. The number of nitrogens with zero attached hydrogens (tertiary/aromatic N) is 1. The van der Waals surface area contributed by atoms with Gasteiger partial charge < -0.3 is 10.2 Å². The third-order valence-corrected chi connectivity index (χ3v) is 5.45. The van der Waals surface area contributed by atoms with E-state index >= 15 is 0 Å². The van der Waals surface area contributed by atoms with Crippen LogP contribution in [0.15, 0.2) is 72.8 Å². The number of benzene rings is 3. The SMILES string of the molecule is Cc1ccccc1C(=O)NCc1ccc2c(c1)N(C(=O)c1ccccc1)[C@H](C)C2. The molecular weight excluding hydrogens is 360 g/mol. The Balaban J connectivity index is 1.54. The van der Waals surface area contributed by atoms with Gasteiger partial charge in [-0.15, -0.1) is 0 Å². The fourth-order valence-corrected chi connectivity index (χ4v) is 3.90. The molecule has 0 fully saturated rings. The van der Waals surface area contributed by atoms with Crippen molar-refractivity contribution in [3.8, 4) is 0 Å². The van der Waals surface area contributed by atoms with Gasteiger partial charge in [-0.2, -0.15) is 0 Å². The predicted molar refractivity (Wildman–Crippen MR) is 115 cm³/mol. The Morgan fingerprint density at radius 3 is 2.48 bits per heavy atom. The fourth-order valence-electron chi connectivity index (χ4n) is 3.90. The number of carbonyl (C=O) groups is 2. The first kappa shape index (κ1) is 18.9. The summed E-state index contributed by atoms with van der Waals surface area (Å²) < 4.78 is 0. The third-order valence-electron chi connectivity index (χ3n) is 5.45. The molecule has 3 aromatic carbocycles. The minimum atomic E-state index is -0.0887. The number of rotatable bonds is 4. The lowest BCUT2D eigenvalue weighted by Gasteiger charge is -2.23. The molecule has 2 amide bonds. The van der Waals surface area contributed by atoms with E-state index in [1.807, 2.05) is 78.6 Å². The molecule has 3 aromatic rings. The summed E-state index contributed by atoms with van der Waals surface area (Å²) in [5.74, 6) is -0.0767. The van der Waals surface area contributed by atoms with Crippen molar-refractivity contribution < 1.29 is 9.59 Å². The van der Waals surface area contributed by atoms with Crippen molar-refractivity contribution in [2.45, 2.75) is 32.9 Å². The fraction of sp³-hybridized carbons (Fsp3) is 0.200. The van der Waals surface area contributed by atoms with E-state index in [0.717, 1.165) is 28.8 Å². The Kier molecular flexibility index (Phi) is 5.17. The van der Waals surface area contributed by atoms with Gasteiger partial charge in [-0.25, -0.2) is 0 Å². The van der Waals surface area contributed by atoms with Crippen LogP contribution in [-0.4, -0.2) is 17.9 Å². The number of carbonyl (C=O) groups excluding carboxylic acids is 2. The van der Waals surface area contributed by atoms with Crippen LogP contribution in [0.1, 0.15) is 44.3 Å². The van der Waals surface area contributed by atoms with Crippen molar-refractivity contribution in [3.63, 3.8) is 0 Å². The van der Waals surface area contributed by atoms with Gasteiger partial charge in [-0.05, 0) is 61.2 Å². The van der Waals surface area contributed by atoms with Crippen LogP contribution in [0, 0.1) is 6.92 Å². The lowest BCUT2D eigenvalue weighted by atomic mass is 10.1. The zero-order chi connectivity index (χ0) is 20.4. The van der Waals surface area contributed by atoms with E-state index in [9.17, 15) is 9.59 Å². The predicted octanol–water partition coefficient (Wildman–Crippen LogP) is 4.52. The monoisotopic (exact) mass is 384 g/mol. The number of anilines is 1. The summed E-state index contributed by atoms with van der Waals surface area (Å²) in [6.07, 6.45) is 0.837. The van der Waals surface area contributed by atoms with E-state index in [1.54, 1.807) is 0 Å². The van der Waals surface area contributed by atoms with Gasteiger partial charge in [-0.1, -0.05) is 48.5 Å². The standard InChI is InChI=1S/C25H24N2O2/c1-17-8-6-7-11-22(17)24(28)26-16-19-12-13-21-14-18(2)27(23(21)15-19)25(29)20-9-4-3-5-10-20/h3-13,15,18H,14,16H2,1-2H3,(H,26,28)/t18-/m1/s1. The van der Waals surface area contributed by atoms with Gasteiger partial charge in [0.2, 0.25) is 0 Å². The largest absolute Gasteiger partial charge is 0.348 e. The van der Waals surface area contributed by atoms with Crippen LogP contribution in [0.2, 0.25) is 0 Å². The highest BCUT2D eigenvalue weighted by atomic mass is 16.2. The molecule has 146 valence electrons. The zero-order valence-corrected chi connectivity index (χ0v) is 16.7. The molecule has 29 heavy (non-hydrogen) atoms. The first-order valence-electron chi connectivity index (χ1n) is 9.89. The molecule has 4 nitrogen and oxygen atoms in total. The molecule has 1 aliphatic heterocycles. The molecule has 0 bridgehead atoms. The molecule has 4 heteroatoms. The summed E-state index contributed by atoms with van der Waals surface area (Å²) >= 11 is 0. The van der Waals surface area contributed by atoms with Crippen molar-refractivity contribution in [1.82, 2.24) is 5.32 Å². The van der Waals surface area contributed by atoms with Crippen molar-refractivity contribution in [2.75, 3.05) is 4.90 Å². The van der Waals surface area contributed by atoms with Crippen LogP contribution in [0.25, 0.3) is 0 Å². The van der Waals surface area contributed by atoms with Crippen molar-refractivity contribution in [2.24, 2.45) is 0 Å².